The molecule has 2 aromatic carbocycles. The molecule has 0 atom stereocenters. The summed E-state index contributed by atoms with van der Waals surface area (Å²) in [5.41, 5.74) is 1.40. The third-order valence-corrected chi connectivity index (χ3v) is 6.02. The zero-order chi connectivity index (χ0) is 22.1. The molecule has 2 aromatic rings. The Hall–Kier alpha value is -2.90. The monoisotopic (exact) mass is 443 g/mol. The van der Waals surface area contributed by atoms with Crippen molar-refractivity contribution in [2.45, 2.75) is 6.92 Å². The highest BCUT2D eigenvalue weighted by molar-refractivity contribution is 6.46. The summed E-state index contributed by atoms with van der Waals surface area (Å²) >= 11 is 5.93. The second-order valence-corrected chi connectivity index (χ2v) is 7.80. The van der Waals surface area contributed by atoms with E-state index in [0.29, 0.717) is 30.1 Å². The zero-order valence-corrected chi connectivity index (χ0v) is 18.2. The van der Waals surface area contributed by atoms with Crippen LogP contribution < -0.4 is 9.64 Å². The quantitative estimate of drug-likeness (QED) is 0.663. The fraction of sp³-hybridized carbons (Fsp3) is 0.304. The normalized spacial score (nSPS) is 17.7. The maximum absolute atomic E-state index is 13.7. The van der Waals surface area contributed by atoms with Gasteiger partial charge in [-0.25, -0.2) is 9.29 Å². The Labute approximate surface area is 185 Å². The van der Waals surface area contributed by atoms with Crippen molar-refractivity contribution in [1.29, 1.82) is 0 Å². The van der Waals surface area contributed by atoms with Crippen LogP contribution >= 0.6 is 11.6 Å². The van der Waals surface area contributed by atoms with Gasteiger partial charge >= 0.3 is 0 Å². The molecule has 0 N–H and O–H groups in total. The number of halogens is 2. The Morgan fingerprint density at radius 2 is 1.74 bits per heavy atom. The second-order valence-electron chi connectivity index (χ2n) is 7.39. The largest absolute Gasteiger partial charge is 0.496 e. The van der Waals surface area contributed by atoms with Crippen LogP contribution in [0, 0.1) is 5.82 Å². The number of piperazine rings is 1. The van der Waals surface area contributed by atoms with Gasteiger partial charge in [0.25, 0.3) is 11.8 Å². The molecule has 4 rings (SSSR count). The lowest BCUT2D eigenvalue weighted by molar-refractivity contribution is -0.120. The van der Waals surface area contributed by atoms with Crippen LogP contribution in [0.4, 0.5) is 10.1 Å². The first-order valence-corrected chi connectivity index (χ1v) is 10.5. The predicted molar refractivity (Wildman–Crippen MR) is 118 cm³/mol. The summed E-state index contributed by atoms with van der Waals surface area (Å²) in [6, 6.07) is 11.0. The fourth-order valence-corrected chi connectivity index (χ4v) is 4.23. The van der Waals surface area contributed by atoms with Gasteiger partial charge in [0.2, 0.25) is 0 Å². The number of ether oxygens (including phenoxy) is 1. The molecule has 1 saturated heterocycles. The van der Waals surface area contributed by atoms with E-state index in [9.17, 15) is 14.0 Å². The van der Waals surface area contributed by atoms with Crippen molar-refractivity contribution in [1.82, 2.24) is 9.80 Å². The van der Waals surface area contributed by atoms with Crippen molar-refractivity contribution in [3.8, 4) is 5.75 Å². The predicted octanol–water partition coefficient (Wildman–Crippen LogP) is 3.41. The number of hydrogen-bond donors (Lipinski definition) is 0. The van der Waals surface area contributed by atoms with Gasteiger partial charge in [-0.15, -0.1) is 0 Å². The van der Waals surface area contributed by atoms with Crippen LogP contribution in [-0.4, -0.2) is 61.4 Å². The number of hydrogen-bond acceptors (Lipinski definition) is 5. The maximum Gasteiger partial charge on any atom is 0.282 e. The van der Waals surface area contributed by atoms with E-state index in [1.165, 1.54) is 19.2 Å². The van der Waals surface area contributed by atoms with Gasteiger partial charge in [0.05, 0.1) is 23.4 Å². The number of rotatable bonds is 5. The second kappa shape index (κ2) is 8.69. The number of imide groups is 1. The van der Waals surface area contributed by atoms with E-state index in [2.05, 4.69) is 11.8 Å². The van der Waals surface area contributed by atoms with E-state index in [-0.39, 0.29) is 16.3 Å². The lowest BCUT2D eigenvalue weighted by Crippen LogP contribution is -2.47. The molecule has 162 valence electrons. The first-order valence-electron chi connectivity index (χ1n) is 10.1. The highest BCUT2D eigenvalue weighted by Gasteiger charge is 2.44. The van der Waals surface area contributed by atoms with Crippen LogP contribution in [0.25, 0.3) is 5.57 Å². The van der Waals surface area contributed by atoms with Gasteiger partial charge in [-0.2, -0.15) is 0 Å². The third kappa shape index (κ3) is 3.79. The van der Waals surface area contributed by atoms with E-state index >= 15 is 0 Å². The van der Waals surface area contributed by atoms with Crippen molar-refractivity contribution < 1.29 is 18.7 Å². The van der Waals surface area contributed by atoms with Crippen molar-refractivity contribution in [2.24, 2.45) is 0 Å². The van der Waals surface area contributed by atoms with Gasteiger partial charge in [-0.05, 0) is 30.8 Å². The molecule has 2 aliphatic rings. The average Bonchev–Trinajstić information content (AvgIpc) is 3.05. The van der Waals surface area contributed by atoms with E-state index in [1.54, 1.807) is 24.3 Å². The number of carbonyl (C=O) groups is 2. The van der Waals surface area contributed by atoms with E-state index in [0.717, 1.165) is 30.6 Å². The highest BCUT2D eigenvalue weighted by atomic mass is 35.5. The molecule has 8 heteroatoms. The lowest BCUT2D eigenvalue weighted by atomic mass is 10.0. The van der Waals surface area contributed by atoms with E-state index in [1.807, 2.05) is 4.90 Å². The molecule has 0 saturated carbocycles. The van der Waals surface area contributed by atoms with E-state index in [4.69, 9.17) is 16.3 Å². The molecular formula is C23H23ClFN3O3. The smallest absolute Gasteiger partial charge is 0.282 e. The minimum absolute atomic E-state index is 0.151. The zero-order valence-electron chi connectivity index (χ0n) is 17.4. The van der Waals surface area contributed by atoms with Crippen molar-refractivity contribution in [3.05, 3.63) is 64.6 Å². The molecule has 2 amide bonds. The van der Waals surface area contributed by atoms with Gasteiger partial charge in [0, 0.05) is 31.7 Å². The van der Waals surface area contributed by atoms with Crippen molar-refractivity contribution >= 4 is 34.7 Å². The van der Waals surface area contributed by atoms with Gasteiger partial charge in [-0.1, -0.05) is 36.7 Å². The Morgan fingerprint density at radius 1 is 1.03 bits per heavy atom. The Bertz CT molecular complexity index is 1060. The van der Waals surface area contributed by atoms with Crippen LogP contribution in [-0.2, 0) is 9.59 Å². The molecule has 6 nitrogen and oxygen atoms in total. The summed E-state index contributed by atoms with van der Waals surface area (Å²) in [7, 11) is 1.53. The molecule has 0 aromatic heterocycles. The minimum Gasteiger partial charge on any atom is -0.496 e. The molecule has 0 unspecified atom stereocenters. The number of amides is 2. The number of anilines is 1. The van der Waals surface area contributed by atoms with Crippen LogP contribution in [0.15, 0.2) is 48.2 Å². The number of likely N-dealkylation sites (N-methyl/N-ethyl adjacent to an activating group) is 1. The molecular weight excluding hydrogens is 421 g/mol. The summed E-state index contributed by atoms with van der Waals surface area (Å²) < 4.78 is 19.2. The Balaban J connectivity index is 1.82. The molecule has 31 heavy (non-hydrogen) atoms. The molecule has 2 heterocycles. The Morgan fingerprint density at radius 3 is 2.39 bits per heavy atom. The number of para-hydroxylation sites is 1. The standard InChI is InChI=1S/C23H23ClFN3O3/c1-3-26-10-12-27(13-11-26)21-20(16-6-4-5-7-19(16)31-2)22(29)28(23(21)30)15-8-9-18(25)17(24)14-15/h4-9,14H,3,10-13H2,1-2H3. The third-order valence-electron chi connectivity index (χ3n) is 5.73. The number of carbonyl (C=O) groups excluding carboxylic acids is 2. The molecule has 1 fully saturated rings. The SMILES string of the molecule is CCN1CCN(C2=C(c3ccccc3OC)C(=O)N(c3ccc(F)c(Cl)c3)C2=O)CC1. The summed E-state index contributed by atoms with van der Waals surface area (Å²) in [6.45, 7) is 5.86. The van der Waals surface area contributed by atoms with Crippen molar-refractivity contribution in [2.75, 3.05) is 44.7 Å². The van der Waals surface area contributed by atoms with Gasteiger partial charge in [0.15, 0.2) is 0 Å². The maximum atomic E-state index is 13.7. The minimum atomic E-state index is -0.613. The fourth-order valence-electron chi connectivity index (χ4n) is 4.05. The Kier molecular flexibility index (Phi) is 5.98. The highest BCUT2D eigenvalue weighted by Crippen LogP contribution is 2.39. The van der Waals surface area contributed by atoms with Crippen LogP contribution in [0.5, 0.6) is 5.75 Å². The summed E-state index contributed by atoms with van der Waals surface area (Å²) in [6.07, 6.45) is 0. The molecule has 2 aliphatic heterocycles. The molecule has 0 bridgehead atoms. The summed E-state index contributed by atoms with van der Waals surface area (Å²) in [5.74, 6) is -1.04. The number of nitrogens with zero attached hydrogens (tertiary/aromatic N) is 3. The molecule has 0 radical (unpaired) electrons. The van der Waals surface area contributed by atoms with E-state index < -0.39 is 17.6 Å². The topological polar surface area (TPSA) is 53.1 Å². The molecule has 0 spiro atoms. The van der Waals surface area contributed by atoms with Crippen LogP contribution in [0.1, 0.15) is 12.5 Å². The molecule has 0 aliphatic carbocycles. The number of methoxy groups -OCH3 is 1. The van der Waals surface area contributed by atoms with Gasteiger partial charge < -0.3 is 14.5 Å². The summed E-state index contributed by atoms with van der Waals surface area (Å²) in [4.78, 5) is 32.4. The lowest BCUT2D eigenvalue weighted by Gasteiger charge is -2.36. The van der Waals surface area contributed by atoms with Crippen molar-refractivity contribution in [3.63, 3.8) is 0 Å². The van der Waals surface area contributed by atoms with Crippen LogP contribution in [0.3, 0.4) is 0 Å². The first kappa shape index (κ1) is 21.3. The average molecular weight is 444 g/mol. The first-order chi connectivity index (χ1) is 15.0. The van der Waals surface area contributed by atoms with Crippen LogP contribution in [0.2, 0.25) is 5.02 Å². The van der Waals surface area contributed by atoms with Gasteiger partial charge in [-0.3, -0.25) is 9.59 Å². The van der Waals surface area contributed by atoms with Gasteiger partial charge in [0.1, 0.15) is 17.3 Å². The number of benzene rings is 2. The summed E-state index contributed by atoms with van der Waals surface area (Å²) in [5, 5.41) is -0.151.